The third kappa shape index (κ3) is 2.20. The van der Waals surface area contributed by atoms with Crippen LogP contribution in [0.25, 0.3) is 0 Å². The predicted molar refractivity (Wildman–Crippen MR) is 86.4 cm³/mol. The van der Waals surface area contributed by atoms with Crippen molar-refractivity contribution in [1.29, 1.82) is 0 Å². The Morgan fingerprint density at radius 1 is 1.29 bits per heavy atom. The monoisotopic (exact) mass is 345 g/mol. The summed E-state index contributed by atoms with van der Waals surface area (Å²) in [6.07, 6.45) is 6.08. The number of aromatic nitrogens is 3. The van der Waals surface area contributed by atoms with Gasteiger partial charge in [-0.15, -0.1) is 10.2 Å². The number of nitrogens with one attached hydrogen (secondary N) is 1. The van der Waals surface area contributed by atoms with Crippen molar-refractivity contribution in [1.82, 2.24) is 20.1 Å². The molecule has 1 saturated heterocycles. The molecule has 1 saturated carbocycles. The topological polar surface area (TPSA) is 71.0 Å². The summed E-state index contributed by atoms with van der Waals surface area (Å²) in [6, 6.07) is 1.62. The van der Waals surface area contributed by atoms with Gasteiger partial charge in [-0.1, -0.05) is 11.3 Å². The highest BCUT2D eigenvalue weighted by Crippen LogP contribution is 2.45. The van der Waals surface area contributed by atoms with Gasteiger partial charge in [-0.25, -0.2) is 9.78 Å². The summed E-state index contributed by atoms with van der Waals surface area (Å²) in [4.78, 5) is 18.4. The largest absolute Gasteiger partial charge is 0.324 e. The zero-order chi connectivity index (χ0) is 16.3. The molecule has 3 aliphatic rings. The number of rotatable bonds is 2. The summed E-state index contributed by atoms with van der Waals surface area (Å²) in [5.41, 5.74) is 1.56. The second kappa shape index (κ2) is 5.20. The molecule has 2 atom stereocenters. The third-order valence-electron chi connectivity index (χ3n) is 5.16. The maximum absolute atomic E-state index is 14.0. The van der Waals surface area contributed by atoms with E-state index in [9.17, 15) is 9.18 Å². The first-order valence-corrected chi connectivity index (χ1v) is 9.08. The van der Waals surface area contributed by atoms with Gasteiger partial charge in [0, 0.05) is 23.7 Å². The van der Waals surface area contributed by atoms with Crippen LogP contribution in [0.4, 0.5) is 14.3 Å². The van der Waals surface area contributed by atoms with E-state index in [0.29, 0.717) is 23.0 Å². The van der Waals surface area contributed by atoms with E-state index >= 15 is 0 Å². The molecule has 2 aromatic rings. The van der Waals surface area contributed by atoms with Crippen molar-refractivity contribution in [3.63, 3.8) is 0 Å². The minimum absolute atomic E-state index is 0.0250. The lowest BCUT2D eigenvalue weighted by atomic mass is 9.95. The number of anilines is 1. The highest BCUT2D eigenvalue weighted by molar-refractivity contribution is 7.15. The normalized spacial score (nSPS) is 24.8. The number of urea groups is 1. The average Bonchev–Trinajstić information content (AvgIpc) is 3.24. The second-order valence-electron chi connectivity index (χ2n) is 6.68. The fourth-order valence-electron chi connectivity index (χ4n) is 3.86. The Bertz CT molecular complexity index is 821. The molecule has 6 nitrogen and oxygen atoms in total. The van der Waals surface area contributed by atoms with Crippen LogP contribution in [0.5, 0.6) is 0 Å². The van der Waals surface area contributed by atoms with Crippen molar-refractivity contribution in [2.75, 3.05) is 5.32 Å². The van der Waals surface area contributed by atoms with Crippen molar-refractivity contribution < 1.29 is 9.18 Å². The molecule has 2 aliphatic heterocycles. The number of halogens is 1. The molecule has 2 unspecified atom stereocenters. The highest BCUT2D eigenvalue weighted by Gasteiger charge is 2.44. The molecule has 4 heterocycles. The fourth-order valence-corrected chi connectivity index (χ4v) is 4.77. The standard InChI is InChI=1S/C16H16FN5OS/c17-13-11-7-9-3-4-12(10(11)5-6-18-13)22(9)16(23)19-15-21-20-14(24-15)8-1-2-8/h5-6,8-9,12H,1-4,7H2,(H,19,21,23). The molecule has 2 amide bonds. The van der Waals surface area contributed by atoms with Gasteiger partial charge >= 0.3 is 6.03 Å². The quantitative estimate of drug-likeness (QED) is 0.848. The predicted octanol–water partition coefficient (Wildman–Crippen LogP) is 3.24. The van der Waals surface area contributed by atoms with Crippen molar-refractivity contribution in [2.24, 2.45) is 0 Å². The first-order valence-electron chi connectivity index (χ1n) is 8.26. The van der Waals surface area contributed by atoms with Gasteiger partial charge in [0.25, 0.3) is 0 Å². The smallest absolute Gasteiger partial charge is 0.314 e. The number of hydrogen-bond donors (Lipinski definition) is 1. The van der Waals surface area contributed by atoms with Gasteiger partial charge in [-0.2, -0.15) is 4.39 Å². The molecule has 0 spiro atoms. The Morgan fingerprint density at radius 2 is 2.17 bits per heavy atom. The van der Waals surface area contributed by atoms with E-state index < -0.39 is 5.95 Å². The molecule has 124 valence electrons. The Hall–Kier alpha value is -2.09. The van der Waals surface area contributed by atoms with Crippen LogP contribution in [0.3, 0.4) is 0 Å². The molecule has 2 aromatic heterocycles. The molecular weight excluding hydrogens is 329 g/mol. The number of hydrogen-bond acceptors (Lipinski definition) is 5. The third-order valence-corrected chi connectivity index (χ3v) is 6.16. The second-order valence-corrected chi connectivity index (χ2v) is 7.69. The lowest BCUT2D eigenvalue weighted by Crippen LogP contribution is -2.44. The van der Waals surface area contributed by atoms with Crippen LogP contribution >= 0.6 is 11.3 Å². The molecule has 0 aromatic carbocycles. The summed E-state index contributed by atoms with van der Waals surface area (Å²) < 4.78 is 14.0. The van der Waals surface area contributed by atoms with Gasteiger partial charge in [-0.3, -0.25) is 5.32 Å². The minimum Gasteiger partial charge on any atom is -0.314 e. The summed E-state index contributed by atoms with van der Waals surface area (Å²) in [6.45, 7) is 0. The molecule has 1 aliphatic carbocycles. The van der Waals surface area contributed by atoms with E-state index in [-0.39, 0.29) is 18.1 Å². The molecule has 2 bridgehead atoms. The zero-order valence-electron chi connectivity index (χ0n) is 12.9. The zero-order valence-corrected chi connectivity index (χ0v) is 13.7. The van der Waals surface area contributed by atoms with Crippen LogP contribution < -0.4 is 5.32 Å². The van der Waals surface area contributed by atoms with Gasteiger partial charge in [0.05, 0.1) is 6.04 Å². The van der Waals surface area contributed by atoms with Gasteiger partial charge in [0.2, 0.25) is 11.1 Å². The Balaban J connectivity index is 1.39. The van der Waals surface area contributed by atoms with E-state index in [4.69, 9.17) is 0 Å². The molecule has 0 radical (unpaired) electrons. The molecular formula is C16H16FN5OS. The van der Waals surface area contributed by atoms with E-state index in [1.165, 1.54) is 17.5 Å². The molecule has 2 fully saturated rings. The lowest BCUT2D eigenvalue weighted by Gasteiger charge is -2.35. The van der Waals surface area contributed by atoms with Crippen molar-refractivity contribution in [2.45, 2.75) is 50.1 Å². The first kappa shape index (κ1) is 14.3. The average molecular weight is 345 g/mol. The van der Waals surface area contributed by atoms with Gasteiger partial charge < -0.3 is 4.90 Å². The van der Waals surface area contributed by atoms with Gasteiger partial charge in [-0.05, 0) is 43.7 Å². The van der Waals surface area contributed by atoms with Crippen LogP contribution in [0.2, 0.25) is 0 Å². The maximum Gasteiger partial charge on any atom is 0.324 e. The fraction of sp³-hybridized carbons (Fsp3) is 0.500. The molecule has 1 N–H and O–H groups in total. The first-order chi connectivity index (χ1) is 11.7. The van der Waals surface area contributed by atoms with Gasteiger partial charge in [0.15, 0.2) is 0 Å². The number of carbonyl (C=O) groups is 1. The number of amides is 2. The molecule has 24 heavy (non-hydrogen) atoms. The van der Waals surface area contributed by atoms with Crippen molar-refractivity contribution in [3.05, 3.63) is 34.3 Å². The van der Waals surface area contributed by atoms with Crippen molar-refractivity contribution in [3.8, 4) is 0 Å². The number of carbonyl (C=O) groups excluding carboxylic acids is 1. The van der Waals surface area contributed by atoms with E-state index in [0.717, 1.165) is 36.3 Å². The Morgan fingerprint density at radius 3 is 3.00 bits per heavy atom. The molecule has 8 heteroatoms. The van der Waals surface area contributed by atoms with Crippen molar-refractivity contribution >= 4 is 22.5 Å². The van der Waals surface area contributed by atoms with Crippen LogP contribution in [-0.4, -0.2) is 32.2 Å². The van der Waals surface area contributed by atoms with E-state index in [1.54, 1.807) is 0 Å². The summed E-state index contributed by atoms with van der Waals surface area (Å²) >= 11 is 1.46. The minimum atomic E-state index is -0.400. The van der Waals surface area contributed by atoms with Gasteiger partial charge in [0.1, 0.15) is 5.01 Å². The lowest BCUT2D eigenvalue weighted by molar-refractivity contribution is 0.178. The van der Waals surface area contributed by atoms with E-state index in [2.05, 4.69) is 20.5 Å². The maximum atomic E-state index is 14.0. The highest BCUT2D eigenvalue weighted by atomic mass is 32.1. The Labute approximate surface area is 142 Å². The van der Waals surface area contributed by atoms with Crippen LogP contribution in [0.1, 0.15) is 53.8 Å². The van der Waals surface area contributed by atoms with Crippen LogP contribution in [-0.2, 0) is 6.42 Å². The Kier molecular flexibility index (Phi) is 3.09. The van der Waals surface area contributed by atoms with Crippen LogP contribution in [0, 0.1) is 5.95 Å². The number of pyridine rings is 1. The summed E-state index contributed by atoms with van der Waals surface area (Å²) in [5.74, 6) is 0.129. The van der Waals surface area contributed by atoms with Crippen LogP contribution in [0.15, 0.2) is 12.3 Å². The molecule has 5 rings (SSSR count). The number of nitrogens with zero attached hydrogens (tertiary/aromatic N) is 4. The summed E-state index contributed by atoms with van der Waals surface area (Å²) in [7, 11) is 0. The number of fused-ring (bicyclic) bond motifs is 4. The van der Waals surface area contributed by atoms with E-state index in [1.807, 2.05) is 11.0 Å². The SMILES string of the molecule is O=C(Nc1nnc(C2CC2)s1)N1C2CCC1c1ccnc(F)c1C2. The summed E-state index contributed by atoms with van der Waals surface area (Å²) in [5, 5.41) is 12.7.